The third-order valence-corrected chi connectivity index (χ3v) is 3.37. The summed E-state index contributed by atoms with van der Waals surface area (Å²) in [6, 6.07) is 13.8. The van der Waals surface area contributed by atoms with Crippen molar-refractivity contribution in [3.8, 4) is 0 Å². The third-order valence-electron chi connectivity index (χ3n) is 3.13. The van der Waals surface area contributed by atoms with E-state index in [0.717, 1.165) is 0 Å². The van der Waals surface area contributed by atoms with Crippen molar-refractivity contribution in [3.05, 3.63) is 64.7 Å². The smallest absolute Gasteiger partial charge is 0.224 e. The Kier molecular flexibility index (Phi) is 5.34. The van der Waals surface area contributed by atoms with Gasteiger partial charge in [-0.25, -0.2) is 0 Å². The van der Waals surface area contributed by atoms with Gasteiger partial charge in [0.15, 0.2) is 5.78 Å². The number of hydrogen-bond acceptors (Lipinski definition) is 2. The van der Waals surface area contributed by atoms with E-state index in [-0.39, 0.29) is 17.6 Å². The quantitative estimate of drug-likeness (QED) is 0.822. The largest absolute Gasteiger partial charge is 0.325 e. The first-order valence-electron chi connectivity index (χ1n) is 7.16. The molecule has 0 atom stereocenters. The minimum atomic E-state index is -0.164. The highest BCUT2D eigenvalue weighted by Crippen LogP contribution is 2.24. The lowest BCUT2D eigenvalue weighted by Crippen LogP contribution is -2.16. The van der Waals surface area contributed by atoms with Crippen molar-refractivity contribution in [2.24, 2.45) is 5.92 Å². The van der Waals surface area contributed by atoms with E-state index in [0.29, 0.717) is 28.3 Å². The molecule has 114 valence electrons. The first kappa shape index (κ1) is 16.2. The summed E-state index contributed by atoms with van der Waals surface area (Å²) in [6.07, 6.45) is 0.404. The number of nitrogens with one attached hydrogen (secondary N) is 1. The van der Waals surface area contributed by atoms with Crippen LogP contribution in [0.15, 0.2) is 48.5 Å². The Bertz CT molecular complexity index is 681. The van der Waals surface area contributed by atoms with Gasteiger partial charge in [0.05, 0.1) is 5.69 Å². The Balaban J connectivity index is 2.32. The first-order chi connectivity index (χ1) is 10.5. The summed E-state index contributed by atoms with van der Waals surface area (Å²) in [6.45, 7) is 3.94. The number of anilines is 1. The highest BCUT2D eigenvalue weighted by Gasteiger charge is 2.16. The van der Waals surface area contributed by atoms with Crippen LogP contribution in [0, 0.1) is 5.92 Å². The molecule has 0 saturated carbocycles. The maximum Gasteiger partial charge on any atom is 0.224 e. The normalized spacial score (nSPS) is 10.5. The highest BCUT2D eigenvalue weighted by atomic mass is 35.5. The maximum atomic E-state index is 12.6. The molecule has 0 aliphatic rings. The van der Waals surface area contributed by atoms with Crippen LogP contribution < -0.4 is 5.32 Å². The van der Waals surface area contributed by atoms with Gasteiger partial charge >= 0.3 is 0 Å². The molecule has 0 bridgehead atoms. The van der Waals surface area contributed by atoms with Crippen LogP contribution in [0.4, 0.5) is 5.69 Å². The predicted octanol–water partition coefficient (Wildman–Crippen LogP) is 4.56. The minimum Gasteiger partial charge on any atom is -0.325 e. The fraction of sp³-hybridized carbons (Fsp3) is 0.222. The predicted molar refractivity (Wildman–Crippen MR) is 89.4 cm³/mol. The zero-order valence-electron chi connectivity index (χ0n) is 12.6. The third kappa shape index (κ3) is 4.18. The lowest BCUT2D eigenvalue weighted by molar-refractivity contribution is -0.116. The van der Waals surface area contributed by atoms with Gasteiger partial charge in [0, 0.05) is 22.6 Å². The number of carbonyl (C=O) groups is 2. The molecule has 0 spiro atoms. The molecular weight excluding hydrogens is 298 g/mol. The second-order valence-electron chi connectivity index (χ2n) is 5.53. The van der Waals surface area contributed by atoms with Gasteiger partial charge in [0.2, 0.25) is 5.91 Å². The number of hydrogen-bond donors (Lipinski definition) is 1. The molecule has 3 nitrogen and oxygen atoms in total. The lowest BCUT2D eigenvalue weighted by Gasteiger charge is -2.12. The van der Waals surface area contributed by atoms with Crippen molar-refractivity contribution >= 4 is 29.0 Å². The first-order valence-corrected chi connectivity index (χ1v) is 7.54. The number of carbonyl (C=O) groups excluding carboxylic acids is 2. The summed E-state index contributed by atoms with van der Waals surface area (Å²) >= 11 is 6.00. The van der Waals surface area contributed by atoms with Gasteiger partial charge in [-0.1, -0.05) is 55.8 Å². The molecule has 4 heteroatoms. The Morgan fingerprint density at radius 1 is 1.09 bits per heavy atom. The summed E-state index contributed by atoms with van der Waals surface area (Å²) in [7, 11) is 0. The van der Waals surface area contributed by atoms with Crippen molar-refractivity contribution in [2.45, 2.75) is 20.3 Å². The van der Waals surface area contributed by atoms with Crippen LogP contribution in [0.25, 0.3) is 0 Å². The van der Waals surface area contributed by atoms with Crippen molar-refractivity contribution in [2.75, 3.05) is 5.32 Å². The molecule has 0 aliphatic carbocycles. The van der Waals surface area contributed by atoms with E-state index in [2.05, 4.69) is 5.32 Å². The SMILES string of the molecule is CC(C)CC(=O)Nc1ccc(Cl)cc1C(=O)c1ccccc1. The van der Waals surface area contributed by atoms with Crippen molar-refractivity contribution in [1.29, 1.82) is 0 Å². The van der Waals surface area contributed by atoms with Gasteiger partial charge in [-0.3, -0.25) is 9.59 Å². The molecule has 1 amide bonds. The van der Waals surface area contributed by atoms with Crippen LogP contribution in [0.5, 0.6) is 0 Å². The van der Waals surface area contributed by atoms with Gasteiger partial charge < -0.3 is 5.32 Å². The summed E-state index contributed by atoms with van der Waals surface area (Å²) in [4.78, 5) is 24.6. The Morgan fingerprint density at radius 2 is 1.77 bits per heavy atom. The Labute approximate surface area is 135 Å². The van der Waals surface area contributed by atoms with Crippen molar-refractivity contribution in [1.82, 2.24) is 0 Å². The van der Waals surface area contributed by atoms with E-state index in [9.17, 15) is 9.59 Å². The molecule has 2 aromatic carbocycles. The number of rotatable bonds is 5. The lowest BCUT2D eigenvalue weighted by atomic mass is 10.0. The fourth-order valence-corrected chi connectivity index (χ4v) is 2.30. The monoisotopic (exact) mass is 315 g/mol. The number of ketones is 1. The van der Waals surface area contributed by atoms with Crippen molar-refractivity contribution in [3.63, 3.8) is 0 Å². The molecule has 2 aromatic rings. The van der Waals surface area contributed by atoms with Gasteiger partial charge in [-0.2, -0.15) is 0 Å². The van der Waals surface area contributed by atoms with Crippen LogP contribution in [-0.4, -0.2) is 11.7 Å². The van der Waals surface area contributed by atoms with Crippen LogP contribution in [0.1, 0.15) is 36.2 Å². The summed E-state index contributed by atoms with van der Waals surface area (Å²) in [5.74, 6) is -0.0250. The topological polar surface area (TPSA) is 46.2 Å². The molecule has 0 radical (unpaired) electrons. The van der Waals surface area contributed by atoms with Crippen molar-refractivity contribution < 1.29 is 9.59 Å². The Hall–Kier alpha value is -2.13. The number of benzene rings is 2. The minimum absolute atomic E-state index is 0.112. The zero-order valence-corrected chi connectivity index (χ0v) is 13.4. The number of halogens is 1. The van der Waals surface area contributed by atoms with E-state index in [1.54, 1.807) is 42.5 Å². The molecular formula is C18H18ClNO2. The van der Waals surface area contributed by atoms with Crippen LogP contribution >= 0.6 is 11.6 Å². The van der Waals surface area contributed by atoms with Gasteiger partial charge in [0.1, 0.15) is 0 Å². The average Bonchev–Trinajstić information content (AvgIpc) is 2.48. The van der Waals surface area contributed by atoms with Gasteiger partial charge in [0.25, 0.3) is 0 Å². The summed E-state index contributed by atoms with van der Waals surface area (Å²) < 4.78 is 0. The van der Waals surface area contributed by atoms with E-state index in [1.807, 2.05) is 19.9 Å². The summed E-state index contributed by atoms with van der Waals surface area (Å²) in [5.41, 5.74) is 1.45. The average molecular weight is 316 g/mol. The molecule has 0 saturated heterocycles. The van der Waals surface area contributed by atoms with E-state index in [1.165, 1.54) is 0 Å². The molecule has 0 aliphatic heterocycles. The molecule has 2 rings (SSSR count). The standard InChI is InChI=1S/C18H18ClNO2/c1-12(2)10-17(21)20-16-9-8-14(19)11-15(16)18(22)13-6-4-3-5-7-13/h3-9,11-12H,10H2,1-2H3,(H,20,21). The van der Waals surface area contributed by atoms with E-state index in [4.69, 9.17) is 11.6 Å². The van der Waals surface area contributed by atoms with E-state index >= 15 is 0 Å². The second kappa shape index (κ2) is 7.23. The summed E-state index contributed by atoms with van der Waals surface area (Å²) in [5, 5.41) is 3.26. The van der Waals surface area contributed by atoms with Crippen LogP contribution in [-0.2, 0) is 4.79 Å². The fourth-order valence-electron chi connectivity index (χ4n) is 2.13. The van der Waals surface area contributed by atoms with Gasteiger partial charge in [-0.15, -0.1) is 0 Å². The van der Waals surface area contributed by atoms with Crippen LogP contribution in [0.2, 0.25) is 5.02 Å². The molecule has 0 aromatic heterocycles. The molecule has 0 fully saturated rings. The van der Waals surface area contributed by atoms with Crippen LogP contribution in [0.3, 0.4) is 0 Å². The van der Waals surface area contributed by atoms with Gasteiger partial charge in [-0.05, 0) is 24.1 Å². The Morgan fingerprint density at radius 3 is 2.41 bits per heavy atom. The highest BCUT2D eigenvalue weighted by molar-refractivity contribution is 6.31. The van der Waals surface area contributed by atoms with E-state index < -0.39 is 0 Å². The molecule has 0 heterocycles. The zero-order chi connectivity index (χ0) is 16.1. The molecule has 1 N–H and O–H groups in total. The number of amides is 1. The molecule has 22 heavy (non-hydrogen) atoms. The molecule has 0 unspecified atom stereocenters. The second-order valence-corrected chi connectivity index (χ2v) is 5.97. The maximum absolute atomic E-state index is 12.6.